The average molecular weight is 390 g/mol. The van der Waals surface area contributed by atoms with Gasteiger partial charge in [-0.2, -0.15) is 0 Å². The Balaban J connectivity index is 1.62. The highest BCUT2D eigenvalue weighted by molar-refractivity contribution is 6.31. The molecular weight excluding hydrogens is 362 g/mol. The maximum atomic E-state index is 13.4. The molecule has 1 saturated carbocycles. The molecule has 146 valence electrons. The molecular formula is C21H28ClN3O2. The van der Waals surface area contributed by atoms with Crippen LogP contribution in [0.4, 0.5) is 0 Å². The first-order valence-electron chi connectivity index (χ1n) is 10.1. The van der Waals surface area contributed by atoms with Crippen molar-refractivity contribution in [1.29, 1.82) is 0 Å². The second kappa shape index (κ2) is 7.80. The highest BCUT2D eigenvalue weighted by Gasteiger charge is 2.48. The molecule has 0 radical (unpaired) electrons. The fourth-order valence-corrected chi connectivity index (χ4v) is 5.28. The molecule has 1 aromatic carbocycles. The molecule has 4 unspecified atom stereocenters. The number of nitrogens with zero attached hydrogens (tertiary/aromatic N) is 2. The number of hydrogen-bond donors (Lipinski definition) is 1. The summed E-state index contributed by atoms with van der Waals surface area (Å²) in [6, 6.07) is 7.24. The van der Waals surface area contributed by atoms with Crippen LogP contribution in [0.3, 0.4) is 0 Å². The zero-order chi connectivity index (χ0) is 19.0. The van der Waals surface area contributed by atoms with Crippen LogP contribution in [0.25, 0.3) is 0 Å². The van der Waals surface area contributed by atoms with Gasteiger partial charge in [0.25, 0.3) is 5.91 Å². The van der Waals surface area contributed by atoms with Gasteiger partial charge in [0, 0.05) is 42.3 Å². The van der Waals surface area contributed by atoms with Gasteiger partial charge in [-0.25, -0.2) is 0 Å². The summed E-state index contributed by atoms with van der Waals surface area (Å²) < 4.78 is 0. The van der Waals surface area contributed by atoms with Crippen LogP contribution in [-0.2, 0) is 4.79 Å². The minimum absolute atomic E-state index is 0.0477. The number of halogens is 1. The van der Waals surface area contributed by atoms with Crippen LogP contribution in [0.1, 0.15) is 49.4 Å². The minimum Gasteiger partial charge on any atom is -0.338 e. The molecule has 4 rings (SSSR count). The van der Waals surface area contributed by atoms with Crippen molar-refractivity contribution >= 4 is 23.4 Å². The van der Waals surface area contributed by atoms with E-state index in [1.165, 1.54) is 6.42 Å². The SMILES string of the molecule is CC1CN(C(=O)C2CC3CCCCC3N2C(=O)c2cccc(Cl)c2)CCN1. The summed E-state index contributed by atoms with van der Waals surface area (Å²) in [6.45, 7) is 4.34. The normalized spacial score (nSPS) is 30.9. The van der Waals surface area contributed by atoms with Gasteiger partial charge < -0.3 is 15.1 Å². The topological polar surface area (TPSA) is 52.7 Å². The van der Waals surface area contributed by atoms with Crippen molar-refractivity contribution in [3.63, 3.8) is 0 Å². The molecule has 3 fully saturated rings. The Morgan fingerprint density at radius 2 is 2.04 bits per heavy atom. The maximum absolute atomic E-state index is 13.4. The molecule has 2 aliphatic heterocycles. The zero-order valence-corrected chi connectivity index (χ0v) is 16.6. The van der Waals surface area contributed by atoms with E-state index in [4.69, 9.17) is 11.6 Å². The van der Waals surface area contributed by atoms with Crippen LogP contribution in [0.15, 0.2) is 24.3 Å². The molecule has 2 saturated heterocycles. The Morgan fingerprint density at radius 3 is 2.81 bits per heavy atom. The van der Waals surface area contributed by atoms with Crippen molar-refractivity contribution in [2.45, 2.75) is 57.2 Å². The first-order valence-corrected chi connectivity index (χ1v) is 10.5. The summed E-state index contributed by atoms with van der Waals surface area (Å²) in [5, 5.41) is 3.94. The van der Waals surface area contributed by atoms with Gasteiger partial charge in [-0.15, -0.1) is 0 Å². The Labute approximate surface area is 166 Å². The lowest BCUT2D eigenvalue weighted by atomic mass is 9.84. The van der Waals surface area contributed by atoms with Gasteiger partial charge in [0.15, 0.2) is 0 Å². The standard InChI is InChI=1S/C21H28ClN3O2/c1-14-13-24(10-9-23-14)21(27)19-12-15-5-2-3-8-18(15)25(19)20(26)16-6-4-7-17(22)11-16/h4,6-7,11,14-15,18-19,23H,2-3,5,8-10,12-13H2,1H3. The first-order chi connectivity index (χ1) is 13.0. The number of likely N-dealkylation sites (tertiary alicyclic amines) is 1. The van der Waals surface area contributed by atoms with Crippen LogP contribution in [0.2, 0.25) is 5.02 Å². The molecule has 1 N–H and O–H groups in total. The largest absolute Gasteiger partial charge is 0.338 e. The van der Waals surface area contributed by atoms with E-state index in [9.17, 15) is 9.59 Å². The van der Waals surface area contributed by atoms with E-state index in [1.807, 2.05) is 9.80 Å². The lowest BCUT2D eigenvalue weighted by molar-refractivity contribution is -0.136. The lowest BCUT2D eigenvalue weighted by Gasteiger charge is -2.37. The Bertz CT molecular complexity index is 725. The molecule has 0 aromatic heterocycles. The van der Waals surface area contributed by atoms with Crippen molar-refractivity contribution in [3.05, 3.63) is 34.9 Å². The molecule has 3 aliphatic rings. The number of nitrogens with one attached hydrogen (secondary N) is 1. The van der Waals surface area contributed by atoms with Crippen molar-refractivity contribution in [1.82, 2.24) is 15.1 Å². The Hall–Kier alpha value is -1.59. The molecule has 0 spiro atoms. The molecule has 5 nitrogen and oxygen atoms in total. The number of benzene rings is 1. The predicted molar refractivity (Wildman–Crippen MR) is 106 cm³/mol. The van der Waals surface area contributed by atoms with Crippen molar-refractivity contribution in [2.24, 2.45) is 5.92 Å². The number of hydrogen-bond acceptors (Lipinski definition) is 3. The van der Waals surface area contributed by atoms with Crippen molar-refractivity contribution in [2.75, 3.05) is 19.6 Å². The first kappa shape index (κ1) is 18.8. The molecule has 2 heterocycles. The number of piperazine rings is 1. The highest BCUT2D eigenvalue weighted by atomic mass is 35.5. The van der Waals surface area contributed by atoms with E-state index in [2.05, 4.69) is 12.2 Å². The van der Waals surface area contributed by atoms with E-state index >= 15 is 0 Å². The number of amides is 2. The summed E-state index contributed by atoms with van der Waals surface area (Å²) >= 11 is 6.12. The Morgan fingerprint density at radius 1 is 1.22 bits per heavy atom. The van der Waals surface area contributed by atoms with Gasteiger partial charge in [0.1, 0.15) is 6.04 Å². The third-order valence-electron chi connectivity index (χ3n) is 6.36. The Kier molecular flexibility index (Phi) is 5.42. The number of fused-ring (bicyclic) bond motifs is 1. The summed E-state index contributed by atoms with van der Waals surface area (Å²) in [6.07, 6.45) is 5.25. The fourth-order valence-electron chi connectivity index (χ4n) is 5.09. The quantitative estimate of drug-likeness (QED) is 0.846. The predicted octanol–water partition coefficient (Wildman–Crippen LogP) is 2.93. The number of carbonyl (C=O) groups excluding carboxylic acids is 2. The van der Waals surface area contributed by atoms with Gasteiger partial charge in [-0.1, -0.05) is 30.5 Å². The molecule has 27 heavy (non-hydrogen) atoms. The van der Waals surface area contributed by atoms with Crippen LogP contribution in [0, 0.1) is 5.92 Å². The molecule has 1 aliphatic carbocycles. The third kappa shape index (κ3) is 3.72. The molecule has 2 amide bonds. The second-order valence-corrected chi connectivity index (χ2v) is 8.66. The van der Waals surface area contributed by atoms with Crippen LogP contribution < -0.4 is 5.32 Å². The van der Waals surface area contributed by atoms with Crippen molar-refractivity contribution < 1.29 is 9.59 Å². The molecule has 4 atom stereocenters. The molecule has 1 aromatic rings. The fraction of sp³-hybridized carbons (Fsp3) is 0.619. The van der Waals surface area contributed by atoms with Gasteiger partial charge in [-0.05, 0) is 50.3 Å². The smallest absolute Gasteiger partial charge is 0.254 e. The molecule has 0 bridgehead atoms. The highest BCUT2D eigenvalue weighted by Crippen LogP contribution is 2.41. The van der Waals surface area contributed by atoms with E-state index < -0.39 is 0 Å². The number of carbonyl (C=O) groups is 2. The summed E-state index contributed by atoms with van der Waals surface area (Å²) in [7, 11) is 0. The summed E-state index contributed by atoms with van der Waals surface area (Å²) in [5.41, 5.74) is 0.584. The van der Waals surface area contributed by atoms with E-state index in [1.54, 1.807) is 24.3 Å². The number of rotatable bonds is 2. The van der Waals surface area contributed by atoms with Crippen LogP contribution in [-0.4, -0.2) is 59.4 Å². The van der Waals surface area contributed by atoms with Gasteiger partial charge in [-0.3, -0.25) is 9.59 Å². The lowest BCUT2D eigenvalue weighted by Crippen LogP contribution is -2.57. The summed E-state index contributed by atoms with van der Waals surface area (Å²) in [5.74, 6) is 0.512. The summed E-state index contributed by atoms with van der Waals surface area (Å²) in [4.78, 5) is 30.6. The average Bonchev–Trinajstić information content (AvgIpc) is 3.06. The zero-order valence-electron chi connectivity index (χ0n) is 15.9. The second-order valence-electron chi connectivity index (χ2n) is 8.23. The van der Waals surface area contributed by atoms with E-state index in [-0.39, 0.29) is 23.9 Å². The van der Waals surface area contributed by atoms with Gasteiger partial charge in [0.2, 0.25) is 5.91 Å². The van der Waals surface area contributed by atoms with Gasteiger partial charge in [0.05, 0.1) is 0 Å². The van der Waals surface area contributed by atoms with Crippen molar-refractivity contribution in [3.8, 4) is 0 Å². The van der Waals surface area contributed by atoms with Gasteiger partial charge >= 0.3 is 0 Å². The van der Waals surface area contributed by atoms with Crippen LogP contribution in [0.5, 0.6) is 0 Å². The third-order valence-corrected chi connectivity index (χ3v) is 6.59. The van der Waals surface area contributed by atoms with Crippen LogP contribution >= 0.6 is 11.6 Å². The maximum Gasteiger partial charge on any atom is 0.254 e. The van der Waals surface area contributed by atoms with E-state index in [0.717, 1.165) is 32.2 Å². The van der Waals surface area contributed by atoms with E-state index in [0.29, 0.717) is 35.6 Å². The molecule has 6 heteroatoms. The monoisotopic (exact) mass is 389 g/mol. The minimum atomic E-state index is -0.338.